The molecule has 0 saturated heterocycles. The largest absolute Gasteiger partial charge is 0.353 e. The van der Waals surface area contributed by atoms with Crippen molar-refractivity contribution in [2.45, 2.75) is 51.0 Å². The van der Waals surface area contributed by atoms with E-state index < -0.39 is 0 Å². The van der Waals surface area contributed by atoms with E-state index in [1.54, 1.807) is 0 Å². The maximum Gasteiger partial charge on any atom is 0.221 e. The van der Waals surface area contributed by atoms with E-state index in [9.17, 15) is 4.79 Å². The Hall–Kier alpha value is -0.280. The van der Waals surface area contributed by atoms with Crippen LogP contribution < -0.4 is 10.6 Å². The lowest BCUT2D eigenvalue weighted by atomic mass is 9.79. The van der Waals surface area contributed by atoms with Gasteiger partial charge in [0.2, 0.25) is 5.91 Å². The molecule has 2 rings (SSSR count). The fraction of sp³-hybridized carbons (Fsp3) is 0.923. The number of carbonyl (C=O) groups is 1. The molecule has 4 heteroatoms. The molecular weight excluding hydrogens is 236 g/mol. The van der Waals surface area contributed by atoms with Gasteiger partial charge in [0, 0.05) is 19.0 Å². The molecule has 0 aromatic carbocycles. The predicted molar refractivity (Wildman–Crippen MR) is 72.4 cm³/mol. The maximum absolute atomic E-state index is 11.6. The summed E-state index contributed by atoms with van der Waals surface area (Å²) in [5.41, 5.74) is 0. The number of carbonyl (C=O) groups excluding carboxylic acids is 1. The Kier molecular flexibility index (Phi) is 6.28. The fourth-order valence-electron chi connectivity index (χ4n) is 3.37. The Labute approximate surface area is 111 Å². The average Bonchev–Trinajstić information content (AvgIpc) is 2.73. The highest BCUT2D eigenvalue weighted by Crippen LogP contribution is 2.41. The zero-order valence-electron chi connectivity index (χ0n) is 10.7. The van der Waals surface area contributed by atoms with Gasteiger partial charge >= 0.3 is 0 Å². The second-order valence-corrected chi connectivity index (χ2v) is 5.38. The molecule has 2 saturated carbocycles. The normalized spacial score (nSPS) is 31.5. The van der Waals surface area contributed by atoms with Crippen molar-refractivity contribution in [3.63, 3.8) is 0 Å². The first-order chi connectivity index (χ1) is 7.79. The first kappa shape index (κ1) is 14.8. The van der Waals surface area contributed by atoms with E-state index in [2.05, 4.69) is 10.6 Å². The Balaban J connectivity index is 0.00000144. The minimum absolute atomic E-state index is 0. The van der Waals surface area contributed by atoms with E-state index in [0.717, 1.165) is 18.4 Å². The lowest BCUT2D eigenvalue weighted by Crippen LogP contribution is -2.40. The topological polar surface area (TPSA) is 41.1 Å². The Morgan fingerprint density at radius 1 is 1.18 bits per heavy atom. The van der Waals surface area contributed by atoms with Gasteiger partial charge < -0.3 is 10.6 Å². The highest BCUT2D eigenvalue weighted by molar-refractivity contribution is 5.85. The minimum atomic E-state index is 0. The molecule has 1 amide bonds. The summed E-state index contributed by atoms with van der Waals surface area (Å²) in [5, 5.41) is 6.20. The van der Waals surface area contributed by atoms with Crippen molar-refractivity contribution < 1.29 is 4.79 Å². The second-order valence-electron chi connectivity index (χ2n) is 5.38. The number of nitrogens with one attached hydrogen (secondary N) is 2. The fourth-order valence-corrected chi connectivity index (χ4v) is 3.37. The lowest BCUT2D eigenvalue weighted by Gasteiger charge is -2.32. The molecule has 0 bridgehead atoms. The summed E-state index contributed by atoms with van der Waals surface area (Å²) in [4.78, 5) is 11.6. The minimum Gasteiger partial charge on any atom is -0.353 e. The smallest absolute Gasteiger partial charge is 0.221 e. The van der Waals surface area contributed by atoms with Gasteiger partial charge in [0.25, 0.3) is 0 Å². The molecule has 0 aliphatic heterocycles. The van der Waals surface area contributed by atoms with Crippen molar-refractivity contribution in [1.82, 2.24) is 10.6 Å². The number of hydrogen-bond donors (Lipinski definition) is 2. The lowest BCUT2D eigenvalue weighted by molar-refractivity contribution is -0.122. The van der Waals surface area contributed by atoms with Crippen LogP contribution in [0.1, 0.15) is 44.9 Å². The van der Waals surface area contributed by atoms with Gasteiger partial charge in [-0.3, -0.25) is 4.79 Å². The van der Waals surface area contributed by atoms with E-state index in [-0.39, 0.29) is 18.3 Å². The summed E-state index contributed by atoms with van der Waals surface area (Å²) < 4.78 is 0. The van der Waals surface area contributed by atoms with Crippen LogP contribution in [0.25, 0.3) is 0 Å². The Morgan fingerprint density at radius 3 is 2.71 bits per heavy atom. The zero-order chi connectivity index (χ0) is 11.4. The summed E-state index contributed by atoms with van der Waals surface area (Å²) in [7, 11) is 1.89. The molecule has 17 heavy (non-hydrogen) atoms. The van der Waals surface area contributed by atoms with E-state index in [1.165, 1.54) is 38.5 Å². The monoisotopic (exact) mass is 260 g/mol. The molecule has 2 N–H and O–H groups in total. The predicted octanol–water partition coefficient (Wildman–Crippen LogP) is 2.10. The van der Waals surface area contributed by atoms with Gasteiger partial charge in [-0.05, 0) is 38.1 Å². The molecule has 2 fully saturated rings. The van der Waals surface area contributed by atoms with Crippen LogP contribution >= 0.6 is 12.4 Å². The van der Waals surface area contributed by atoms with Crippen LogP contribution in [-0.2, 0) is 4.79 Å². The summed E-state index contributed by atoms with van der Waals surface area (Å²) in [6.45, 7) is 0.782. The molecule has 0 spiro atoms. The summed E-state index contributed by atoms with van der Waals surface area (Å²) in [6.07, 6.45) is 8.62. The number of fused-ring (bicyclic) bond motifs is 1. The van der Waals surface area contributed by atoms with Crippen LogP contribution in [-0.4, -0.2) is 25.5 Å². The van der Waals surface area contributed by atoms with Gasteiger partial charge in [-0.25, -0.2) is 0 Å². The van der Waals surface area contributed by atoms with Crippen molar-refractivity contribution in [2.75, 3.05) is 13.6 Å². The molecule has 3 unspecified atom stereocenters. The number of rotatable bonds is 4. The number of amides is 1. The van der Waals surface area contributed by atoms with Crippen molar-refractivity contribution in [3.8, 4) is 0 Å². The molecule has 100 valence electrons. The summed E-state index contributed by atoms with van der Waals surface area (Å²) in [5.74, 6) is 2.10. The van der Waals surface area contributed by atoms with Crippen LogP contribution in [0.3, 0.4) is 0 Å². The van der Waals surface area contributed by atoms with Gasteiger partial charge in [-0.1, -0.05) is 19.3 Å². The Morgan fingerprint density at radius 2 is 1.94 bits per heavy atom. The van der Waals surface area contributed by atoms with E-state index >= 15 is 0 Å². The quantitative estimate of drug-likeness (QED) is 0.813. The molecule has 0 heterocycles. The molecule has 0 radical (unpaired) electrons. The third kappa shape index (κ3) is 4.14. The molecule has 0 aromatic rings. The molecule has 3 nitrogen and oxygen atoms in total. The van der Waals surface area contributed by atoms with E-state index in [4.69, 9.17) is 0 Å². The molecular formula is C13H25ClN2O. The SMILES string of the molecule is CNCCC(=O)NC1CCC2CCCC2C1.Cl. The molecule has 0 aromatic heterocycles. The average molecular weight is 261 g/mol. The number of halogens is 1. The van der Waals surface area contributed by atoms with Gasteiger partial charge in [0.1, 0.15) is 0 Å². The summed E-state index contributed by atoms with van der Waals surface area (Å²) >= 11 is 0. The van der Waals surface area contributed by atoms with Crippen LogP contribution in [0.4, 0.5) is 0 Å². The van der Waals surface area contributed by atoms with Gasteiger partial charge in [0.05, 0.1) is 0 Å². The van der Waals surface area contributed by atoms with Gasteiger partial charge in [0.15, 0.2) is 0 Å². The third-order valence-corrected chi connectivity index (χ3v) is 4.26. The van der Waals surface area contributed by atoms with Crippen molar-refractivity contribution in [1.29, 1.82) is 0 Å². The Bertz CT molecular complexity index is 248. The first-order valence-corrected chi connectivity index (χ1v) is 6.73. The van der Waals surface area contributed by atoms with Crippen molar-refractivity contribution in [2.24, 2.45) is 11.8 Å². The van der Waals surface area contributed by atoms with Crippen LogP contribution in [0, 0.1) is 11.8 Å². The van der Waals surface area contributed by atoms with Crippen molar-refractivity contribution in [3.05, 3.63) is 0 Å². The first-order valence-electron chi connectivity index (χ1n) is 6.73. The third-order valence-electron chi connectivity index (χ3n) is 4.26. The van der Waals surface area contributed by atoms with Crippen LogP contribution in [0.2, 0.25) is 0 Å². The zero-order valence-corrected chi connectivity index (χ0v) is 11.5. The standard InChI is InChI=1S/C13H24N2O.ClH/c1-14-8-7-13(16)15-12-6-5-10-3-2-4-11(10)9-12;/h10-12,14H,2-9H2,1H3,(H,15,16);1H. The van der Waals surface area contributed by atoms with Crippen molar-refractivity contribution >= 4 is 18.3 Å². The molecule has 3 atom stereocenters. The number of hydrogen-bond acceptors (Lipinski definition) is 2. The van der Waals surface area contributed by atoms with E-state index in [0.29, 0.717) is 12.5 Å². The van der Waals surface area contributed by atoms with Gasteiger partial charge in [-0.2, -0.15) is 0 Å². The van der Waals surface area contributed by atoms with Crippen LogP contribution in [0.15, 0.2) is 0 Å². The maximum atomic E-state index is 11.6. The highest BCUT2D eigenvalue weighted by Gasteiger charge is 2.33. The van der Waals surface area contributed by atoms with Gasteiger partial charge in [-0.15, -0.1) is 12.4 Å². The highest BCUT2D eigenvalue weighted by atomic mass is 35.5. The van der Waals surface area contributed by atoms with E-state index in [1.807, 2.05) is 7.05 Å². The van der Waals surface area contributed by atoms with Crippen LogP contribution in [0.5, 0.6) is 0 Å². The molecule has 2 aliphatic rings. The summed E-state index contributed by atoms with van der Waals surface area (Å²) in [6, 6.07) is 0.462. The molecule has 2 aliphatic carbocycles. The second kappa shape index (κ2) is 7.22.